The van der Waals surface area contributed by atoms with Gasteiger partial charge in [0, 0.05) is 11.8 Å². The van der Waals surface area contributed by atoms with Crippen LogP contribution in [0.5, 0.6) is 5.75 Å². The Balaban J connectivity index is 2.08. The highest BCUT2D eigenvalue weighted by atomic mass is 19.1. The van der Waals surface area contributed by atoms with E-state index in [-0.39, 0.29) is 5.69 Å². The van der Waals surface area contributed by atoms with E-state index in [1.54, 1.807) is 25.1 Å². The van der Waals surface area contributed by atoms with E-state index in [0.29, 0.717) is 18.0 Å². The van der Waals surface area contributed by atoms with E-state index in [9.17, 15) is 19.3 Å². The third-order valence-corrected chi connectivity index (χ3v) is 3.36. The van der Waals surface area contributed by atoms with Crippen LogP contribution in [0.2, 0.25) is 0 Å². The zero-order valence-electron chi connectivity index (χ0n) is 13.8. The Kier molecular flexibility index (Phi) is 5.89. The van der Waals surface area contributed by atoms with E-state index in [0.717, 1.165) is 12.1 Å². The zero-order valence-corrected chi connectivity index (χ0v) is 13.8. The highest BCUT2D eigenvalue weighted by Crippen LogP contribution is 2.25. The summed E-state index contributed by atoms with van der Waals surface area (Å²) in [5.41, 5.74) is 0.0991. The Labute approximate surface area is 144 Å². The average Bonchev–Trinajstić information content (AvgIpc) is 2.58. The fraction of sp³-hybridized carbons (Fsp3) is 0.235. The lowest BCUT2D eigenvalue weighted by Gasteiger charge is -2.17. The number of halogens is 1. The lowest BCUT2D eigenvalue weighted by molar-refractivity contribution is -0.387. The summed E-state index contributed by atoms with van der Waals surface area (Å²) in [6, 6.07) is 9.71. The van der Waals surface area contributed by atoms with Crippen molar-refractivity contribution in [3.63, 3.8) is 0 Å². The smallest absolute Gasteiger partial charge is 0.306 e. The summed E-state index contributed by atoms with van der Waals surface area (Å²) < 4.78 is 18.8. The molecule has 0 aliphatic heterocycles. The molecule has 0 bridgehead atoms. The monoisotopic (exact) mass is 347 g/mol. The largest absolute Gasteiger partial charge is 0.492 e. The highest BCUT2D eigenvalue weighted by molar-refractivity contribution is 5.96. The Morgan fingerprint density at radius 3 is 2.72 bits per heavy atom. The van der Waals surface area contributed by atoms with Crippen molar-refractivity contribution in [2.45, 2.75) is 19.9 Å². The molecule has 1 amide bonds. The highest BCUT2D eigenvalue weighted by Gasteiger charge is 2.18. The molecule has 0 saturated heterocycles. The Bertz CT molecular complexity index is 782. The molecule has 8 heteroatoms. The van der Waals surface area contributed by atoms with Crippen molar-refractivity contribution in [1.82, 2.24) is 0 Å². The van der Waals surface area contributed by atoms with Crippen molar-refractivity contribution in [2.24, 2.45) is 0 Å². The Morgan fingerprint density at radius 2 is 2.04 bits per heavy atom. The quantitative estimate of drug-likeness (QED) is 0.590. The lowest BCUT2D eigenvalue weighted by atomic mass is 10.2. The maximum Gasteiger partial charge on any atom is 0.306 e. The van der Waals surface area contributed by atoms with Gasteiger partial charge in [-0.15, -0.1) is 0 Å². The van der Waals surface area contributed by atoms with Crippen LogP contribution in [0.15, 0.2) is 42.5 Å². The van der Waals surface area contributed by atoms with Crippen LogP contribution in [-0.4, -0.2) is 23.5 Å². The molecular weight excluding hydrogens is 329 g/mol. The van der Waals surface area contributed by atoms with Crippen molar-refractivity contribution in [3.8, 4) is 5.75 Å². The van der Waals surface area contributed by atoms with Crippen LogP contribution in [0.1, 0.15) is 13.8 Å². The van der Waals surface area contributed by atoms with Gasteiger partial charge in [-0.2, -0.15) is 4.39 Å². The Hall–Kier alpha value is -3.16. The predicted octanol–water partition coefficient (Wildman–Crippen LogP) is 3.57. The molecule has 0 unspecified atom stereocenters. The van der Waals surface area contributed by atoms with Gasteiger partial charge in [0.25, 0.3) is 0 Å². The van der Waals surface area contributed by atoms with Crippen molar-refractivity contribution in [1.29, 1.82) is 0 Å². The number of nitro groups is 1. The van der Waals surface area contributed by atoms with Gasteiger partial charge < -0.3 is 15.4 Å². The van der Waals surface area contributed by atoms with Crippen molar-refractivity contribution in [2.75, 3.05) is 17.2 Å². The Morgan fingerprint density at radius 1 is 1.32 bits per heavy atom. The fourth-order valence-corrected chi connectivity index (χ4v) is 2.15. The number of hydrogen-bond donors (Lipinski definition) is 2. The minimum Gasteiger partial charge on any atom is -0.492 e. The van der Waals surface area contributed by atoms with Crippen molar-refractivity contribution in [3.05, 3.63) is 58.4 Å². The van der Waals surface area contributed by atoms with Gasteiger partial charge in [0.1, 0.15) is 11.8 Å². The summed E-state index contributed by atoms with van der Waals surface area (Å²) in [7, 11) is 0. The lowest BCUT2D eigenvalue weighted by Crippen LogP contribution is -2.32. The topological polar surface area (TPSA) is 93.5 Å². The average molecular weight is 347 g/mol. The van der Waals surface area contributed by atoms with E-state index in [1.807, 2.05) is 13.0 Å². The van der Waals surface area contributed by atoms with Gasteiger partial charge in [-0.05, 0) is 38.1 Å². The second-order valence-electron chi connectivity index (χ2n) is 5.21. The summed E-state index contributed by atoms with van der Waals surface area (Å²) in [4.78, 5) is 22.2. The third-order valence-electron chi connectivity index (χ3n) is 3.36. The molecule has 2 N–H and O–H groups in total. The van der Waals surface area contributed by atoms with Crippen LogP contribution in [0, 0.1) is 15.9 Å². The number of ether oxygens (including phenoxy) is 1. The van der Waals surface area contributed by atoms with E-state index >= 15 is 0 Å². The number of benzene rings is 2. The van der Waals surface area contributed by atoms with Gasteiger partial charge in [0.05, 0.1) is 17.2 Å². The standard InChI is InChI=1S/C17H18FN3O4/c1-3-25-16-7-5-4-6-14(16)19-11(2)17(22)20-12-8-9-13(18)15(10-12)21(23)24/h4-11,19H,3H2,1-2H3,(H,20,22)/t11-/m0/s1. The summed E-state index contributed by atoms with van der Waals surface area (Å²) in [6.45, 7) is 3.98. The maximum absolute atomic E-state index is 13.3. The van der Waals surface area contributed by atoms with Gasteiger partial charge in [0.15, 0.2) is 0 Å². The number of nitrogens with zero attached hydrogens (tertiary/aromatic N) is 1. The van der Waals surface area contributed by atoms with Crippen molar-refractivity contribution >= 4 is 23.0 Å². The van der Waals surface area contributed by atoms with E-state index < -0.39 is 28.4 Å². The number of hydrogen-bond acceptors (Lipinski definition) is 5. The fourth-order valence-electron chi connectivity index (χ4n) is 2.15. The molecule has 1 atom stereocenters. The summed E-state index contributed by atoms with van der Waals surface area (Å²) in [5, 5.41) is 16.3. The third kappa shape index (κ3) is 4.66. The molecule has 2 aromatic carbocycles. The molecular formula is C17H18FN3O4. The molecule has 7 nitrogen and oxygen atoms in total. The van der Waals surface area contributed by atoms with Crippen LogP contribution in [0.4, 0.5) is 21.5 Å². The van der Waals surface area contributed by atoms with Gasteiger partial charge in [-0.1, -0.05) is 12.1 Å². The predicted molar refractivity (Wildman–Crippen MR) is 92.4 cm³/mol. The van der Waals surface area contributed by atoms with Crippen molar-refractivity contribution < 1.29 is 18.8 Å². The van der Waals surface area contributed by atoms with Crippen LogP contribution < -0.4 is 15.4 Å². The van der Waals surface area contributed by atoms with E-state index in [2.05, 4.69) is 10.6 Å². The number of para-hydroxylation sites is 2. The number of amides is 1. The van der Waals surface area contributed by atoms with E-state index in [4.69, 9.17) is 4.74 Å². The molecule has 0 aliphatic rings. The number of anilines is 2. The number of nitro benzene ring substituents is 1. The van der Waals surface area contributed by atoms with Gasteiger partial charge >= 0.3 is 5.69 Å². The van der Waals surface area contributed by atoms with E-state index in [1.165, 1.54) is 6.07 Å². The number of carbonyl (C=O) groups excluding carboxylic acids is 1. The molecule has 0 fully saturated rings. The van der Waals surface area contributed by atoms with Crippen LogP contribution in [0.25, 0.3) is 0 Å². The zero-order chi connectivity index (χ0) is 18.4. The molecule has 0 heterocycles. The molecule has 25 heavy (non-hydrogen) atoms. The molecule has 0 aromatic heterocycles. The van der Waals surface area contributed by atoms with Crippen LogP contribution >= 0.6 is 0 Å². The maximum atomic E-state index is 13.3. The van der Waals surface area contributed by atoms with Gasteiger partial charge in [-0.3, -0.25) is 14.9 Å². The summed E-state index contributed by atoms with van der Waals surface area (Å²) in [5.74, 6) is -0.769. The van der Waals surface area contributed by atoms with Gasteiger partial charge in [0.2, 0.25) is 11.7 Å². The first-order valence-corrected chi connectivity index (χ1v) is 7.65. The summed E-state index contributed by atoms with van der Waals surface area (Å²) in [6.07, 6.45) is 0. The summed E-state index contributed by atoms with van der Waals surface area (Å²) >= 11 is 0. The normalized spacial score (nSPS) is 11.5. The van der Waals surface area contributed by atoms with Crippen LogP contribution in [-0.2, 0) is 4.79 Å². The molecule has 0 aliphatic carbocycles. The molecule has 132 valence electrons. The first kappa shape index (κ1) is 18.2. The minimum atomic E-state index is -0.959. The SMILES string of the molecule is CCOc1ccccc1N[C@@H](C)C(=O)Nc1ccc(F)c([N+](=O)[O-])c1. The molecule has 2 aromatic rings. The molecule has 0 saturated carbocycles. The van der Waals surface area contributed by atoms with Gasteiger partial charge in [-0.25, -0.2) is 0 Å². The first-order valence-electron chi connectivity index (χ1n) is 7.65. The number of rotatable bonds is 7. The molecule has 0 spiro atoms. The molecule has 0 radical (unpaired) electrons. The second kappa shape index (κ2) is 8.09. The van der Waals surface area contributed by atoms with Crippen LogP contribution in [0.3, 0.4) is 0 Å². The molecule has 2 rings (SSSR count). The second-order valence-corrected chi connectivity index (χ2v) is 5.21. The number of carbonyl (C=O) groups is 1. The minimum absolute atomic E-state index is 0.143. The number of nitrogens with one attached hydrogen (secondary N) is 2. The first-order chi connectivity index (χ1) is 11.9.